The van der Waals surface area contributed by atoms with Crippen LogP contribution >= 0.6 is 70.7 Å². The topological polar surface area (TPSA) is 0 Å². The van der Waals surface area contributed by atoms with Gasteiger partial charge in [-0.25, -0.2) is 0 Å². The summed E-state index contributed by atoms with van der Waals surface area (Å²) in [5, 5.41) is -0.127. The first-order valence-electron chi connectivity index (χ1n) is 4.84. The average Bonchev–Trinajstić information content (AvgIpc) is 2.58. The lowest BCUT2D eigenvalue weighted by Gasteiger charge is -2.10. The summed E-state index contributed by atoms with van der Waals surface area (Å²) in [6, 6.07) is 8.28. The van der Waals surface area contributed by atoms with Gasteiger partial charge in [0.05, 0.1) is 9.16 Å². The summed E-state index contributed by atoms with van der Waals surface area (Å²) in [5.41, 5.74) is 2.32. The molecule has 1 heterocycles. The molecule has 0 N–H and O–H groups in total. The Morgan fingerprint density at radius 2 is 1.82 bits per heavy atom. The third-order valence-corrected chi connectivity index (χ3v) is 6.95. The van der Waals surface area contributed by atoms with Crippen LogP contribution in [-0.2, 0) is 0 Å². The lowest BCUT2D eigenvalue weighted by atomic mass is 10.1. The molecule has 0 aliphatic rings. The molecule has 0 nitrogen and oxygen atoms in total. The minimum atomic E-state index is -0.127. The molecule has 0 aliphatic carbocycles. The van der Waals surface area contributed by atoms with Crippen molar-refractivity contribution < 1.29 is 0 Å². The predicted molar refractivity (Wildman–Crippen MR) is 86.3 cm³/mol. The van der Waals surface area contributed by atoms with Crippen molar-refractivity contribution in [1.82, 2.24) is 0 Å². The van der Waals surface area contributed by atoms with Gasteiger partial charge in [-0.2, -0.15) is 0 Å². The van der Waals surface area contributed by atoms with Gasteiger partial charge in [-0.1, -0.05) is 28.1 Å². The van der Waals surface area contributed by atoms with E-state index in [0.29, 0.717) is 0 Å². The lowest BCUT2D eigenvalue weighted by molar-refractivity contribution is 1.16. The molecule has 1 unspecified atom stereocenters. The van der Waals surface area contributed by atoms with E-state index >= 15 is 0 Å². The Balaban J connectivity index is 2.39. The molecule has 17 heavy (non-hydrogen) atoms. The summed E-state index contributed by atoms with van der Waals surface area (Å²) in [6.45, 7) is 2.07. The van der Waals surface area contributed by atoms with Crippen LogP contribution in [0.15, 0.2) is 37.0 Å². The maximum absolute atomic E-state index is 6.51. The zero-order valence-corrected chi connectivity index (χ0v) is 15.1. The van der Waals surface area contributed by atoms with E-state index in [1.165, 1.54) is 5.56 Å². The normalized spacial score (nSPS) is 12.8. The third kappa shape index (κ3) is 3.16. The number of rotatable bonds is 2. The van der Waals surface area contributed by atoms with E-state index in [1.54, 1.807) is 11.3 Å². The molecule has 1 aromatic heterocycles. The number of hydrogen-bond donors (Lipinski definition) is 0. The fourth-order valence-corrected chi connectivity index (χ4v) is 4.81. The van der Waals surface area contributed by atoms with Crippen molar-refractivity contribution in [1.29, 1.82) is 0 Å². The molecule has 0 fully saturated rings. The molecular weight excluding hydrogens is 451 g/mol. The third-order valence-electron chi connectivity index (χ3n) is 2.34. The SMILES string of the molecule is Cc1ccc(C(Cl)c2cc(Br)c(Br)s2)c(Br)c1. The van der Waals surface area contributed by atoms with Crippen molar-refractivity contribution in [2.45, 2.75) is 12.3 Å². The average molecular weight is 459 g/mol. The molecule has 90 valence electrons. The molecular formula is C12H8Br3ClS. The fourth-order valence-electron chi connectivity index (χ4n) is 1.48. The fraction of sp³-hybridized carbons (Fsp3) is 0.167. The highest BCUT2D eigenvalue weighted by Gasteiger charge is 2.17. The number of benzene rings is 1. The molecule has 0 aliphatic heterocycles. The largest absolute Gasteiger partial charge is 0.130 e. The maximum Gasteiger partial charge on any atom is 0.0939 e. The van der Waals surface area contributed by atoms with Crippen LogP contribution in [0.5, 0.6) is 0 Å². The number of aryl methyl sites for hydroxylation is 1. The highest BCUT2D eigenvalue weighted by molar-refractivity contribution is 9.13. The van der Waals surface area contributed by atoms with Crippen LogP contribution in [0, 0.1) is 6.92 Å². The van der Waals surface area contributed by atoms with Gasteiger partial charge < -0.3 is 0 Å². The van der Waals surface area contributed by atoms with Crippen molar-refractivity contribution >= 4 is 70.7 Å². The molecule has 0 spiro atoms. The van der Waals surface area contributed by atoms with Gasteiger partial charge in [0.15, 0.2) is 0 Å². The van der Waals surface area contributed by atoms with Gasteiger partial charge in [0.2, 0.25) is 0 Å². The van der Waals surface area contributed by atoms with Crippen LogP contribution in [0.3, 0.4) is 0 Å². The Kier molecular flexibility index (Phi) is 4.75. The zero-order chi connectivity index (χ0) is 12.6. The summed E-state index contributed by atoms with van der Waals surface area (Å²) in [4.78, 5) is 1.12. The van der Waals surface area contributed by atoms with Gasteiger partial charge in [0.1, 0.15) is 0 Å². The van der Waals surface area contributed by atoms with E-state index in [0.717, 1.165) is 23.2 Å². The lowest BCUT2D eigenvalue weighted by Crippen LogP contribution is -1.92. The Hall–Kier alpha value is 0.650. The number of hydrogen-bond acceptors (Lipinski definition) is 1. The van der Waals surface area contributed by atoms with Gasteiger partial charge in [0, 0.05) is 13.8 Å². The summed E-state index contributed by atoms with van der Waals surface area (Å²) in [6.07, 6.45) is 0. The van der Waals surface area contributed by atoms with Crippen molar-refractivity contribution in [3.8, 4) is 0 Å². The van der Waals surface area contributed by atoms with Gasteiger partial charge in [-0.05, 0) is 62.0 Å². The van der Waals surface area contributed by atoms with Crippen molar-refractivity contribution in [3.05, 3.63) is 53.0 Å². The highest BCUT2D eigenvalue weighted by Crippen LogP contribution is 2.42. The van der Waals surface area contributed by atoms with Crippen LogP contribution < -0.4 is 0 Å². The van der Waals surface area contributed by atoms with Gasteiger partial charge >= 0.3 is 0 Å². The molecule has 0 radical (unpaired) electrons. The van der Waals surface area contributed by atoms with E-state index in [1.807, 2.05) is 0 Å². The van der Waals surface area contributed by atoms with E-state index in [4.69, 9.17) is 11.6 Å². The molecule has 0 amide bonds. The first-order chi connectivity index (χ1) is 7.99. The summed E-state index contributed by atoms with van der Waals surface area (Å²) < 4.78 is 3.17. The Morgan fingerprint density at radius 1 is 1.12 bits per heavy atom. The second-order valence-electron chi connectivity index (χ2n) is 3.66. The minimum absolute atomic E-state index is 0.127. The monoisotopic (exact) mass is 456 g/mol. The van der Waals surface area contributed by atoms with E-state index in [9.17, 15) is 0 Å². The van der Waals surface area contributed by atoms with E-state index in [-0.39, 0.29) is 5.38 Å². The van der Waals surface area contributed by atoms with Crippen molar-refractivity contribution in [2.24, 2.45) is 0 Å². The summed E-state index contributed by atoms with van der Waals surface area (Å²) in [5.74, 6) is 0. The van der Waals surface area contributed by atoms with Crippen LogP contribution in [0.2, 0.25) is 0 Å². The quantitative estimate of drug-likeness (QED) is 0.440. The number of thiophene rings is 1. The zero-order valence-electron chi connectivity index (χ0n) is 8.81. The highest BCUT2D eigenvalue weighted by atomic mass is 79.9. The van der Waals surface area contributed by atoms with Crippen LogP contribution in [0.4, 0.5) is 0 Å². The van der Waals surface area contributed by atoms with Crippen LogP contribution in [0.25, 0.3) is 0 Å². The van der Waals surface area contributed by atoms with Crippen molar-refractivity contribution in [2.75, 3.05) is 0 Å². The van der Waals surface area contributed by atoms with Gasteiger partial charge in [-0.15, -0.1) is 22.9 Å². The summed E-state index contributed by atoms with van der Waals surface area (Å²) in [7, 11) is 0. The molecule has 2 aromatic rings. The smallest absolute Gasteiger partial charge is 0.0939 e. The maximum atomic E-state index is 6.51. The standard InChI is InChI=1S/C12H8Br3ClS/c1-6-2-3-7(8(13)4-6)11(16)10-5-9(14)12(15)17-10/h2-5,11H,1H3. The molecule has 2 rings (SSSR count). The Bertz CT molecular complexity index is 531. The van der Waals surface area contributed by atoms with Crippen LogP contribution in [0.1, 0.15) is 21.4 Å². The molecule has 0 bridgehead atoms. The first-order valence-corrected chi connectivity index (χ1v) is 8.47. The molecule has 1 atom stereocenters. The predicted octanol–water partition coefficient (Wildman–Crippen LogP) is 6.67. The molecule has 5 heteroatoms. The number of halogens is 4. The molecule has 1 aromatic carbocycles. The van der Waals surface area contributed by atoms with Crippen LogP contribution in [-0.4, -0.2) is 0 Å². The van der Waals surface area contributed by atoms with E-state index in [2.05, 4.69) is 79.0 Å². The van der Waals surface area contributed by atoms with Gasteiger partial charge in [0.25, 0.3) is 0 Å². The summed E-state index contributed by atoms with van der Waals surface area (Å²) >= 11 is 18.7. The number of alkyl halides is 1. The molecule has 0 saturated heterocycles. The second-order valence-corrected chi connectivity index (χ2v) is 8.20. The first kappa shape index (κ1) is 14.1. The van der Waals surface area contributed by atoms with E-state index < -0.39 is 0 Å². The molecule has 0 saturated carbocycles. The Morgan fingerprint density at radius 3 is 2.35 bits per heavy atom. The Labute approximate surface area is 135 Å². The second kappa shape index (κ2) is 5.74. The minimum Gasteiger partial charge on any atom is -0.130 e. The van der Waals surface area contributed by atoms with Crippen molar-refractivity contribution in [3.63, 3.8) is 0 Å². The van der Waals surface area contributed by atoms with Gasteiger partial charge in [-0.3, -0.25) is 0 Å².